The van der Waals surface area contributed by atoms with E-state index in [1.807, 2.05) is 42.5 Å². The molecule has 1 unspecified atom stereocenters. The highest BCUT2D eigenvalue weighted by Gasteiger charge is 2.35. The summed E-state index contributed by atoms with van der Waals surface area (Å²) in [4.78, 5) is 35.8. The van der Waals surface area contributed by atoms with Gasteiger partial charge >= 0.3 is 7.60 Å². The van der Waals surface area contributed by atoms with E-state index in [9.17, 15) is 14.3 Å². The van der Waals surface area contributed by atoms with Crippen molar-refractivity contribution in [3.8, 4) is 0 Å². The van der Waals surface area contributed by atoms with Crippen LogP contribution in [0.5, 0.6) is 0 Å². The maximum Gasteiger partial charge on any atom is 0.358 e. The van der Waals surface area contributed by atoms with E-state index in [2.05, 4.69) is 29.6 Å². The molecule has 10 heteroatoms. The van der Waals surface area contributed by atoms with Crippen molar-refractivity contribution < 1.29 is 23.6 Å². The van der Waals surface area contributed by atoms with Gasteiger partial charge in [0.05, 0.1) is 35.2 Å². The largest absolute Gasteiger partial charge is 0.390 e. The van der Waals surface area contributed by atoms with Crippen LogP contribution in [-0.4, -0.2) is 32.7 Å². The zero-order chi connectivity index (χ0) is 28.3. The second-order valence-electron chi connectivity index (χ2n) is 10.1. The van der Waals surface area contributed by atoms with Gasteiger partial charge in [-0.3, -0.25) is 14.3 Å². The monoisotopic (exact) mass is 560 g/mol. The van der Waals surface area contributed by atoms with Gasteiger partial charge < -0.3 is 18.8 Å². The number of benzene rings is 3. The Balaban J connectivity index is 1.36. The highest BCUT2D eigenvalue weighted by molar-refractivity contribution is 7.61. The van der Waals surface area contributed by atoms with Crippen LogP contribution in [0.25, 0.3) is 11.0 Å². The first kappa shape index (κ1) is 27.8. The Hall–Kier alpha value is -3.78. The fraction of sp³-hybridized carbons (Fsp3) is 0.300. The van der Waals surface area contributed by atoms with E-state index in [0.29, 0.717) is 18.0 Å². The molecule has 9 nitrogen and oxygen atoms in total. The number of aromatic nitrogens is 2. The molecule has 0 saturated heterocycles. The van der Waals surface area contributed by atoms with Gasteiger partial charge in [-0.1, -0.05) is 61.5 Å². The fourth-order valence-corrected chi connectivity index (χ4v) is 5.76. The third kappa shape index (κ3) is 5.72. The molecular formula is C30H33N4O5P. The molecule has 0 saturated carbocycles. The van der Waals surface area contributed by atoms with Gasteiger partial charge in [0.2, 0.25) is 0 Å². The first-order valence-electron chi connectivity index (χ1n) is 13.4. The van der Waals surface area contributed by atoms with Crippen LogP contribution in [0.1, 0.15) is 44.1 Å². The van der Waals surface area contributed by atoms with E-state index in [4.69, 9.17) is 14.3 Å². The van der Waals surface area contributed by atoms with Gasteiger partial charge in [-0.15, -0.1) is 0 Å². The molecule has 0 aliphatic carbocycles. The molecule has 40 heavy (non-hydrogen) atoms. The Morgan fingerprint density at radius 1 is 1.02 bits per heavy atom. The van der Waals surface area contributed by atoms with Crippen LogP contribution in [-0.2, 0) is 38.4 Å². The Morgan fingerprint density at radius 2 is 1.75 bits per heavy atom. The van der Waals surface area contributed by atoms with E-state index in [-0.39, 0.29) is 30.1 Å². The number of carbonyl (C=O) groups is 1. The summed E-state index contributed by atoms with van der Waals surface area (Å²) in [5.41, 5.74) is 4.39. The normalized spacial score (nSPS) is 15.7. The minimum atomic E-state index is -3.84. The van der Waals surface area contributed by atoms with Crippen LogP contribution in [0.15, 0.2) is 78.0 Å². The Bertz CT molecular complexity index is 1600. The van der Waals surface area contributed by atoms with Crippen molar-refractivity contribution in [1.29, 1.82) is 0 Å². The predicted octanol–water partition coefficient (Wildman–Crippen LogP) is 5.40. The van der Waals surface area contributed by atoms with Gasteiger partial charge in [-0.05, 0) is 55.2 Å². The van der Waals surface area contributed by atoms with Crippen molar-refractivity contribution in [2.75, 3.05) is 11.5 Å². The number of rotatable bonds is 11. The number of hydrogen-bond donors (Lipinski definition) is 1. The second-order valence-corrected chi connectivity index (χ2v) is 11.9. The van der Waals surface area contributed by atoms with Crippen molar-refractivity contribution >= 4 is 41.2 Å². The summed E-state index contributed by atoms with van der Waals surface area (Å²) in [6.07, 6.45) is 1.00. The molecule has 0 radical (unpaired) electrons. The second kappa shape index (κ2) is 11.8. The van der Waals surface area contributed by atoms with Gasteiger partial charge in [0.25, 0.3) is 5.91 Å². The van der Waals surface area contributed by atoms with E-state index >= 15 is 0 Å². The summed E-state index contributed by atoms with van der Waals surface area (Å²) in [5, 5.41) is 4.44. The smallest absolute Gasteiger partial charge is 0.358 e. The molecule has 0 spiro atoms. The van der Waals surface area contributed by atoms with E-state index in [0.717, 1.165) is 41.1 Å². The number of oxime groups is 1. The molecule has 5 rings (SSSR count). The zero-order valence-corrected chi connectivity index (χ0v) is 23.8. The maximum atomic E-state index is 13.6. The standard InChI is InChI=1S/C30H33N4O5P/c1-4-39-40(36,37)23-15-13-22(14-16-23)20-38-32-29-24-9-5-7-11-26(24)34(30(29)35)19-28-31-25-10-6-8-12-27(25)33(28)18-17-21(2)3/h5-16,21H,4,17-20H2,1-3H3,(H,36,37)/b32-29+. The molecular weight excluding hydrogens is 527 g/mol. The fourth-order valence-electron chi connectivity index (χ4n) is 4.73. The number of fused-ring (bicyclic) bond motifs is 2. The van der Waals surface area contributed by atoms with Crippen molar-refractivity contribution in [2.24, 2.45) is 11.1 Å². The molecule has 0 bridgehead atoms. The van der Waals surface area contributed by atoms with Crippen LogP contribution in [0.3, 0.4) is 0 Å². The third-order valence-corrected chi connectivity index (χ3v) is 8.37. The summed E-state index contributed by atoms with van der Waals surface area (Å²) in [5.74, 6) is 1.10. The van der Waals surface area contributed by atoms with Crippen LogP contribution >= 0.6 is 7.60 Å². The van der Waals surface area contributed by atoms with Crippen molar-refractivity contribution in [1.82, 2.24) is 9.55 Å². The molecule has 2 heterocycles. The molecule has 1 aliphatic rings. The van der Waals surface area contributed by atoms with Gasteiger partial charge in [0.15, 0.2) is 5.71 Å². The number of anilines is 1. The SMILES string of the molecule is CCOP(=O)(O)c1ccc(CO/N=C2/C(=O)N(Cc3nc4ccccc4n3CCC(C)C)c3ccccc32)cc1. The number of nitrogens with zero attached hydrogens (tertiary/aromatic N) is 4. The minimum absolute atomic E-state index is 0.0919. The molecule has 1 N–H and O–H groups in total. The average Bonchev–Trinajstić information content (AvgIpc) is 3.42. The number of aryl methyl sites for hydroxylation is 1. The summed E-state index contributed by atoms with van der Waals surface area (Å²) in [7, 11) is -3.84. The third-order valence-electron chi connectivity index (χ3n) is 6.81. The Labute approximate surface area is 233 Å². The predicted molar refractivity (Wildman–Crippen MR) is 156 cm³/mol. The number of amides is 1. The first-order valence-corrected chi connectivity index (χ1v) is 15.0. The van der Waals surface area contributed by atoms with E-state index in [1.165, 1.54) is 12.1 Å². The summed E-state index contributed by atoms with van der Waals surface area (Å²) >= 11 is 0. The van der Waals surface area contributed by atoms with Crippen molar-refractivity contribution in [2.45, 2.75) is 46.9 Å². The lowest BCUT2D eigenvalue weighted by Gasteiger charge is -2.18. The highest BCUT2D eigenvalue weighted by Crippen LogP contribution is 2.40. The molecule has 3 aromatic carbocycles. The number of imidazole rings is 1. The van der Waals surface area contributed by atoms with Gasteiger partial charge in [-0.25, -0.2) is 4.98 Å². The minimum Gasteiger partial charge on any atom is -0.390 e. The zero-order valence-electron chi connectivity index (χ0n) is 22.9. The topological polar surface area (TPSA) is 106 Å². The van der Waals surface area contributed by atoms with Crippen LogP contribution in [0.4, 0.5) is 5.69 Å². The van der Waals surface area contributed by atoms with Crippen LogP contribution < -0.4 is 10.2 Å². The maximum absolute atomic E-state index is 13.6. The van der Waals surface area contributed by atoms with Gasteiger partial charge in [0, 0.05) is 12.1 Å². The lowest BCUT2D eigenvalue weighted by atomic mass is 10.1. The molecule has 4 aromatic rings. The number of hydrogen-bond acceptors (Lipinski definition) is 6. The summed E-state index contributed by atoms with van der Waals surface area (Å²) in [6, 6.07) is 22.0. The molecule has 1 amide bonds. The molecule has 208 valence electrons. The lowest BCUT2D eigenvalue weighted by Crippen LogP contribution is -2.31. The summed E-state index contributed by atoms with van der Waals surface area (Å²) in [6.45, 7) is 7.41. The van der Waals surface area contributed by atoms with E-state index in [1.54, 1.807) is 24.0 Å². The molecule has 1 aromatic heterocycles. The van der Waals surface area contributed by atoms with Crippen LogP contribution in [0, 0.1) is 5.92 Å². The van der Waals surface area contributed by atoms with Crippen LogP contribution in [0.2, 0.25) is 0 Å². The number of para-hydroxylation sites is 3. The van der Waals surface area contributed by atoms with Crippen molar-refractivity contribution in [3.63, 3.8) is 0 Å². The van der Waals surface area contributed by atoms with Gasteiger partial charge in [0.1, 0.15) is 12.4 Å². The first-order chi connectivity index (χ1) is 19.3. The Morgan fingerprint density at radius 3 is 2.50 bits per heavy atom. The molecule has 1 atom stereocenters. The highest BCUT2D eigenvalue weighted by atomic mass is 31.2. The van der Waals surface area contributed by atoms with E-state index < -0.39 is 7.60 Å². The molecule has 0 fully saturated rings. The number of carbonyl (C=O) groups excluding carboxylic acids is 1. The van der Waals surface area contributed by atoms with Crippen molar-refractivity contribution in [3.05, 3.63) is 89.7 Å². The summed E-state index contributed by atoms with van der Waals surface area (Å²) < 4.78 is 19.4. The van der Waals surface area contributed by atoms with Gasteiger partial charge in [-0.2, -0.15) is 0 Å². The molecule has 1 aliphatic heterocycles. The average molecular weight is 561 g/mol. The lowest BCUT2D eigenvalue weighted by molar-refractivity contribution is -0.112. The Kier molecular flexibility index (Phi) is 8.17. The quantitative estimate of drug-likeness (QED) is 0.195.